The van der Waals surface area contributed by atoms with E-state index in [0.717, 1.165) is 0 Å². The van der Waals surface area contributed by atoms with E-state index in [1.807, 2.05) is 0 Å². The lowest BCUT2D eigenvalue weighted by Gasteiger charge is -2.21. The Morgan fingerprint density at radius 1 is 1.36 bits per heavy atom. The number of fused-ring (bicyclic) bond motifs is 1. The number of H-pyrrole nitrogens is 1. The molecule has 2 rings (SSSR count). The summed E-state index contributed by atoms with van der Waals surface area (Å²) in [6.45, 7) is 7.06. The third-order valence-corrected chi connectivity index (χ3v) is 2.91. The van der Waals surface area contributed by atoms with Gasteiger partial charge in [-0.1, -0.05) is 6.07 Å². The number of carboxylic acids is 1. The molecule has 22 heavy (non-hydrogen) atoms. The normalized spacial score (nSPS) is 12.9. The van der Waals surface area contributed by atoms with Crippen LogP contribution in [0.4, 0.5) is 4.79 Å². The summed E-state index contributed by atoms with van der Waals surface area (Å²) < 4.78 is 5.18. The average Bonchev–Trinajstić information content (AvgIpc) is 2.79. The van der Waals surface area contributed by atoms with E-state index in [-0.39, 0.29) is 5.56 Å². The molecule has 118 valence electrons. The van der Waals surface area contributed by atoms with Crippen molar-refractivity contribution in [2.24, 2.45) is 0 Å². The molecule has 1 amide bonds. The predicted molar refractivity (Wildman–Crippen MR) is 80.8 cm³/mol. The van der Waals surface area contributed by atoms with Gasteiger partial charge in [-0.05, 0) is 39.8 Å². The number of para-hydroxylation sites is 1. The minimum absolute atomic E-state index is 0.140. The number of nitrogens with one attached hydrogen (secondary N) is 2. The minimum atomic E-state index is -1.03. The summed E-state index contributed by atoms with van der Waals surface area (Å²) >= 11 is 0. The van der Waals surface area contributed by atoms with Crippen molar-refractivity contribution in [3.05, 3.63) is 29.6 Å². The number of nitrogens with zero attached hydrogens (tertiary/aromatic N) is 1. The number of carboxylic acid groups (broad SMARTS) is 1. The van der Waals surface area contributed by atoms with Crippen LogP contribution < -0.4 is 5.32 Å². The fourth-order valence-electron chi connectivity index (χ4n) is 1.99. The van der Waals surface area contributed by atoms with Crippen LogP contribution in [0.2, 0.25) is 0 Å². The number of hydrogen-bond donors (Lipinski definition) is 3. The van der Waals surface area contributed by atoms with Crippen LogP contribution >= 0.6 is 0 Å². The molecule has 2 aromatic rings. The topological polar surface area (TPSA) is 104 Å². The Balaban J connectivity index is 2.22. The van der Waals surface area contributed by atoms with Gasteiger partial charge >= 0.3 is 12.1 Å². The van der Waals surface area contributed by atoms with Gasteiger partial charge in [0.25, 0.3) is 0 Å². The predicted octanol–water partition coefficient (Wildman–Crippen LogP) is 2.85. The van der Waals surface area contributed by atoms with Crippen LogP contribution in [0.1, 0.15) is 49.9 Å². The molecule has 7 nitrogen and oxygen atoms in total. The van der Waals surface area contributed by atoms with Gasteiger partial charge in [0, 0.05) is 0 Å². The fourth-order valence-corrected chi connectivity index (χ4v) is 1.99. The van der Waals surface area contributed by atoms with E-state index in [0.29, 0.717) is 16.9 Å². The number of carbonyl (C=O) groups is 2. The first-order valence-electron chi connectivity index (χ1n) is 6.89. The lowest BCUT2D eigenvalue weighted by molar-refractivity contribution is 0.0505. The fraction of sp³-hybridized carbons (Fsp3) is 0.400. The van der Waals surface area contributed by atoms with E-state index in [1.54, 1.807) is 39.8 Å². The van der Waals surface area contributed by atoms with Gasteiger partial charge in [-0.25, -0.2) is 14.6 Å². The molecule has 0 saturated heterocycles. The summed E-state index contributed by atoms with van der Waals surface area (Å²) in [6.07, 6.45) is -0.557. The largest absolute Gasteiger partial charge is 0.478 e. The molecule has 0 unspecified atom stereocenters. The van der Waals surface area contributed by atoms with Crippen molar-refractivity contribution in [2.75, 3.05) is 0 Å². The van der Waals surface area contributed by atoms with Crippen molar-refractivity contribution in [3.8, 4) is 0 Å². The second-order valence-corrected chi connectivity index (χ2v) is 5.99. The number of aromatic nitrogens is 2. The number of amides is 1. The van der Waals surface area contributed by atoms with Crippen LogP contribution in [0.3, 0.4) is 0 Å². The summed E-state index contributed by atoms with van der Waals surface area (Å²) in [5.74, 6) is -0.567. The van der Waals surface area contributed by atoms with Crippen molar-refractivity contribution < 1.29 is 19.4 Å². The molecule has 0 aliphatic carbocycles. The number of ether oxygens (including phenoxy) is 1. The van der Waals surface area contributed by atoms with E-state index in [2.05, 4.69) is 15.3 Å². The molecule has 0 radical (unpaired) electrons. The standard InChI is InChI=1S/C15H19N3O4/c1-8(16-14(21)22-15(2,3)4)12-17-10-7-5-6-9(13(19)20)11(10)18-12/h5-8H,1-4H3,(H,16,21)(H,17,18)(H,19,20)/t8-/m0/s1. The Kier molecular flexibility index (Phi) is 4.07. The zero-order chi connectivity index (χ0) is 16.5. The molecule has 0 aliphatic rings. The lowest BCUT2D eigenvalue weighted by Crippen LogP contribution is -2.34. The number of hydrogen-bond acceptors (Lipinski definition) is 4. The molecule has 0 saturated carbocycles. The van der Waals surface area contributed by atoms with Crippen LogP contribution in [-0.2, 0) is 4.74 Å². The highest BCUT2D eigenvalue weighted by molar-refractivity contribution is 6.00. The van der Waals surface area contributed by atoms with Crippen molar-refractivity contribution in [1.29, 1.82) is 0 Å². The molecule has 0 aliphatic heterocycles. The van der Waals surface area contributed by atoms with Gasteiger partial charge in [0.2, 0.25) is 0 Å². The number of alkyl carbamates (subject to hydrolysis) is 1. The first-order valence-corrected chi connectivity index (χ1v) is 6.89. The van der Waals surface area contributed by atoms with Gasteiger partial charge in [0.15, 0.2) is 0 Å². The molecule has 1 heterocycles. The minimum Gasteiger partial charge on any atom is -0.478 e. The van der Waals surface area contributed by atoms with Crippen LogP contribution in [0, 0.1) is 0 Å². The summed E-state index contributed by atoms with van der Waals surface area (Å²) in [5.41, 5.74) is 0.519. The van der Waals surface area contributed by atoms with Gasteiger partial charge in [-0.15, -0.1) is 0 Å². The number of rotatable bonds is 3. The number of imidazole rings is 1. The third-order valence-electron chi connectivity index (χ3n) is 2.91. The second kappa shape index (κ2) is 5.67. The Labute approximate surface area is 127 Å². The highest BCUT2D eigenvalue weighted by Crippen LogP contribution is 2.20. The summed E-state index contributed by atoms with van der Waals surface area (Å²) in [7, 11) is 0. The number of aromatic carboxylic acids is 1. The van der Waals surface area contributed by atoms with Crippen LogP contribution in [0.5, 0.6) is 0 Å². The van der Waals surface area contributed by atoms with Gasteiger partial charge in [-0.3, -0.25) is 0 Å². The first kappa shape index (κ1) is 15.8. The van der Waals surface area contributed by atoms with Gasteiger partial charge in [0.1, 0.15) is 11.4 Å². The maximum absolute atomic E-state index is 11.8. The Hall–Kier alpha value is -2.57. The van der Waals surface area contributed by atoms with Crippen molar-refractivity contribution in [3.63, 3.8) is 0 Å². The monoisotopic (exact) mass is 305 g/mol. The van der Waals surface area contributed by atoms with E-state index in [9.17, 15) is 9.59 Å². The van der Waals surface area contributed by atoms with Crippen molar-refractivity contribution in [1.82, 2.24) is 15.3 Å². The molecule has 0 spiro atoms. The molecule has 0 fully saturated rings. The maximum Gasteiger partial charge on any atom is 0.408 e. The summed E-state index contributed by atoms with van der Waals surface area (Å²) in [5, 5.41) is 11.8. The van der Waals surface area contributed by atoms with Crippen LogP contribution in [0.15, 0.2) is 18.2 Å². The zero-order valence-corrected chi connectivity index (χ0v) is 12.9. The highest BCUT2D eigenvalue weighted by Gasteiger charge is 2.20. The third kappa shape index (κ3) is 3.55. The maximum atomic E-state index is 11.8. The van der Waals surface area contributed by atoms with Crippen LogP contribution in [-0.4, -0.2) is 32.7 Å². The Morgan fingerprint density at radius 2 is 2.05 bits per heavy atom. The smallest absolute Gasteiger partial charge is 0.408 e. The number of carbonyl (C=O) groups excluding carboxylic acids is 1. The lowest BCUT2D eigenvalue weighted by atomic mass is 10.2. The number of benzene rings is 1. The molecule has 7 heteroatoms. The average molecular weight is 305 g/mol. The van der Waals surface area contributed by atoms with Crippen LogP contribution in [0.25, 0.3) is 11.0 Å². The van der Waals surface area contributed by atoms with Crippen molar-refractivity contribution in [2.45, 2.75) is 39.3 Å². The summed E-state index contributed by atoms with van der Waals surface area (Å²) in [4.78, 5) is 30.2. The van der Waals surface area contributed by atoms with Crippen molar-refractivity contribution >= 4 is 23.1 Å². The molecule has 1 aromatic heterocycles. The van der Waals surface area contributed by atoms with Gasteiger partial charge in [0.05, 0.1) is 22.6 Å². The van der Waals surface area contributed by atoms with Gasteiger partial charge in [-0.2, -0.15) is 0 Å². The Bertz CT molecular complexity index is 715. The summed E-state index contributed by atoms with van der Waals surface area (Å²) in [6, 6.07) is 4.40. The molecular weight excluding hydrogens is 286 g/mol. The molecule has 0 bridgehead atoms. The molecule has 3 N–H and O–H groups in total. The highest BCUT2D eigenvalue weighted by atomic mass is 16.6. The first-order chi connectivity index (χ1) is 10.2. The van der Waals surface area contributed by atoms with E-state index in [4.69, 9.17) is 9.84 Å². The van der Waals surface area contributed by atoms with E-state index < -0.39 is 23.7 Å². The van der Waals surface area contributed by atoms with E-state index >= 15 is 0 Å². The SMILES string of the molecule is C[C@H](NC(=O)OC(C)(C)C)c1nc2cccc(C(=O)O)c2[nH]1. The second-order valence-electron chi connectivity index (χ2n) is 5.99. The zero-order valence-electron chi connectivity index (χ0n) is 12.9. The number of aromatic amines is 1. The Morgan fingerprint density at radius 3 is 2.64 bits per heavy atom. The molecular formula is C15H19N3O4. The quantitative estimate of drug-likeness (QED) is 0.808. The van der Waals surface area contributed by atoms with Gasteiger partial charge < -0.3 is 20.1 Å². The van der Waals surface area contributed by atoms with E-state index in [1.165, 1.54) is 6.07 Å². The molecule has 1 aromatic carbocycles. The molecule has 1 atom stereocenters.